The van der Waals surface area contributed by atoms with Gasteiger partial charge in [-0.25, -0.2) is 14.6 Å². The number of imidazole rings is 1. The quantitative estimate of drug-likeness (QED) is 0.489. The predicted molar refractivity (Wildman–Crippen MR) is 112 cm³/mol. The van der Waals surface area contributed by atoms with E-state index < -0.39 is 11.9 Å². The summed E-state index contributed by atoms with van der Waals surface area (Å²) in [5, 5.41) is 3.33. The highest BCUT2D eigenvalue weighted by Gasteiger charge is 2.38. The van der Waals surface area contributed by atoms with Crippen LogP contribution in [0, 0.1) is 17.8 Å². The zero-order valence-corrected chi connectivity index (χ0v) is 18.6. The Morgan fingerprint density at radius 3 is 2.42 bits per heavy atom. The van der Waals surface area contributed by atoms with E-state index in [1.807, 2.05) is 6.92 Å². The van der Waals surface area contributed by atoms with Gasteiger partial charge in [0.1, 0.15) is 6.04 Å². The highest BCUT2D eigenvalue weighted by Crippen LogP contribution is 2.39. The standard InChI is InChI=1S/C22H33N3O6/c1-4-29-20(26)17-10-16-9-14(7-8-15(16)11-23-17)12-25-13-24-18(21(27)30-5-2)19(25)22(28)31-6-3/h13-17,23H,4-12H2,1-3H3/t14-,15-,16+,17-/m0/s1. The number of piperidine rings is 1. The van der Waals surface area contributed by atoms with Crippen LogP contribution in [0.5, 0.6) is 0 Å². The number of esters is 3. The Hall–Kier alpha value is -2.42. The van der Waals surface area contributed by atoms with Crippen LogP contribution in [0.1, 0.15) is 67.4 Å². The number of carbonyl (C=O) groups excluding carboxylic acids is 3. The molecule has 0 radical (unpaired) electrons. The third-order valence-electron chi connectivity index (χ3n) is 6.21. The van der Waals surface area contributed by atoms with Gasteiger partial charge in [-0.05, 0) is 70.8 Å². The number of nitrogens with zero attached hydrogens (tertiary/aromatic N) is 2. The number of hydrogen-bond acceptors (Lipinski definition) is 8. The summed E-state index contributed by atoms with van der Waals surface area (Å²) in [6, 6.07) is -0.251. The number of fused-ring (bicyclic) bond motifs is 1. The van der Waals surface area contributed by atoms with Gasteiger partial charge in [0.2, 0.25) is 0 Å². The largest absolute Gasteiger partial charge is 0.465 e. The summed E-state index contributed by atoms with van der Waals surface area (Å²) in [5.41, 5.74) is 0.148. The number of hydrogen-bond donors (Lipinski definition) is 1. The van der Waals surface area contributed by atoms with E-state index in [1.54, 1.807) is 18.4 Å². The van der Waals surface area contributed by atoms with Crippen molar-refractivity contribution in [2.75, 3.05) is 26.4 Å². The fourth-order valence-corrected chi connectivity index (χ4v) is 4.81. The van der Waals surface area contributed by atoms with Crippen molar-refractivity contribution in [2.45, 2.75) is 59.0 Å². The molecule has 172 valence electrons. The van der Waals surface area contributed by atoms with Crippen LogP contribution in [-0.2, 0) is 25.5 Å². The first kappa shape index (κ1) is 23.2. The average molecular weight is 436 g/mol. The highest BCUT2D eigenvalue weighted by atomic mass is 16.5. The average Bonchev–Trinajstić information content (AvgIpc) is 3.17. The van der Waals surface area contributed by atoms with Crippen LogP contribution in [0.4, 0.5) is 0 Å². The maximum atomic E-state index is 12.6. The highest BCUT2D eigenvalue weighted by molar-refractivity contribution is 6.00. The molecule has 2 fully saturated rings. The second kappa shape index (κ2) is 10.7. The van der Waals surface area contributed by atoms with Gasteiger partial charge in [-0.1, -0.05) is 0 Å². The third kappa shape index (κ3) is 5.44. The number of nitrogens with one attached hydrogen (secondary N) is 1. The van der Waals surface area contributed by atoms with E-state index >= 15 is 0 Å². The smallest absolute Gasteiger partial charge is 0.359 e. The summed E-state index contributed by atoms with van der Waals surface area (Å²) < 4.78 is 17.1. The van der Waals surface area contributed by atoms with Crippen molar-refractivity contribution in [1.29, 1.82) is 0 Å². The molecule has 1 aromatic rings. The Morgan fingerprint density at radius 1 is 1.00 bits per heavy atom. The number of carbonyl (C=O) groups is 3. The lowest BCUT2D eigenvalue weighted by atomic mass is 9.69. The Morgan fingerprint density at radius 2 is 1.71 bits per heavy atom. The molecular weight excluding hydrogens is 402 g/mol. The molecule has 9 heteroatoms. The second-order valence-corrected chi connectivity index (χ2v) is 8.18. The molecule has 0 bridgehead atoms. The minimum Gasteiger partial charge on any atom is -0.465 e. The molecular formula is C22H33N3O6. The molecule has 0 spiro atoms. The first-order valence-corrected chi connectivity index (χ1v) is 11.3. The van der Waals surface area contributed by atoms with E-state index in [0.29, 0.717) is 30.9 Å². The Bertz CT molecular complexity index is 792. The lowest BCUT2D eigenvalue weighted by Crippen LogP contribution is -2.50. The van der Waals surface area contributed by atoms with Crippen molar-refractivity contribution in [3.8, 4) is 0 Å². The van der Waals surface area contributed by atoms with E-state index in [4.69, 9.17) is 14.2 Å². The second-order valence-electron chi connectivity index (χ2n) is 8.18. The molecule has 0 amide bonds. The number of ether oxygens (including phenoxy) is 3. The van der Waals surface area contributed by atoms with E-state index in [-0.39, 0.29) is 36.6 Å². The first-order valence-electron chi connectivity index (χ1n) is 11.3. The maximum absolute atomic E-state index is 12.6. The van der Waals surface area contributed by atoms with Gasteiger partial charge >= 0.3 is 17.9 Å². The van der Waals surface area contributed by atoms with Crippen molar-refractivity contribution in [2.24, 2.45) is 17.8 Å². The van der Waals surface area contributed by atoms with E-state index in [0.717, 1.165) is 32.2 Å². The van der Waals surface area contributed by atoms with Crippen molar-refractivity contribution < 1.29 is 28.6 Å². The molecule has 1 saturated heterocycles. The van der Waals surface area contributed by atoms with Crippen molar-refractivity contribution in [3.63, 3.8) is 0 Å². The molecule has 0 unspecified atom stereocenters. The van der Waals surface area contributed by atoms with Crippen LogP contribution in [0.25, 0.3) is 0 Å². The predicted octanol–water partition coefficient (Wildman–Crippen LogP) is 2.19. The van der Waals surface area contributed by atoms with Gasteiger partial charge < -0.3 is 24.1 Å². The van der Waals surface area contributed by atoms with Crippen LogP contribution in [-0.4, -0.2) is 59.9 Å². The molecule has 4 atom stereocenters. The summed E-state index contributed by atoms with van der Waals surface area (Å²) in [5.74, 6) is -0.0802. The van der Waals surface area contributed by atoms with Gasteiger partial charge in [-0.15, -0.1) is 0 Å². The molecule has 1 saturated carbocycles. The maximum Gasteiger partial charge on any atom is 0.359 e. The van der Waals surface area contributed by atoms with Gasteiger partial charge in [0.25, 0.3) is 0 Å². The van der Waals surface area contributed by atoms with Gasteiger partial charge in [0.15, 0.2) is 11.4 Å². The van der Waals surface area contributed by atoms with Crippen LogP contribution in [0.2, 0.25) is 0 Å². The van der Waals surface area contributed by atoms with Gasteiger partial charge in [-0.3, -0.25) is 4.79 Å². The number of aromatic nitrogens is 2. The van der Waals surface area contributed by atoms with Gasteiger partial charge in [0.05, 0.1) is 26.1 Å². The monoisotopic (exact) mass is 435 g/mol. The van der Waals surface area contributed by atoms with Crippen LogP contribution >= 0.6 is 0 Å². The third-order valence-corrected chi connectivity index (χ3v) is 6.21. The topological polar surface area (TPSA) is 109 Å². The minimum absolute atomic E-state index is 0.00164. The summed E-state index contributed by atoms with van der Waals surface area (Å²) >= 11 is 0. The molecule has 31 heavy (non-hydrogen) atoms. The molecule has 3 rings (SSSR count). The fraction of sp³-hybridized carbons (Fsp3) is 0.727. The summed E-state index contributed by atoms with van der Waals surface area (Å²) in [4.78, 5) is 41.1. The summed E-state index contributed by atoms with van der Waals surface area (Å²) in [6.45, 7) is 7.44. The number of rotatable bonds is 8. The Kier molecular flexibility index (Phi) is 8.06. The lowest BCUT2D eigenvalue weighted by Gasteiger charge is -2.42. The molecule has 2 heterocycles. The van der Waals surface area contributed by atoms with Crippen molar-refractivity contribution in [1.82, 2.24) is 14.9 Å². The zero-order valence-electron chi connectivity index (χ0n) is 18.6. The Balaban J connectivity index is 1.71. The summed E-state index contributed by atoms with van der Waals surface area (Å²) in [6.07, 6.45) is 5.32. The lowest BCUT2D eigenvalue weighted by molar-refractivity contribution is -0.147. The van der Waals surface area contributed by atoms with Crippen LogP contribution < -0.4 is 5.32 Å². The van der Waals surface area contributed by atoms with Crippen LogP contribution in [0.15, 0.2) is 6.33 Å². The molecule has 1 aliphatic carbocycles. The SMILES string of the molecule is CCOC(=O)c1ncn(C[C@H]2CC[C@H]3CN[C@H](C(=O)OCC)C[C@H]3C2)c1C(=O)OCC. The van der Waals surface area contributed by atoms with E-state index in [1.165, 1.54) is 6.33 Å². The fourth-order valence-electron chi connectivity index (χ4n) is 4.81. The van der Waals surface area contributed by atoms with Crippen molar-refractivity contribution >= 4 is 17.9 Å². The molecule has 1 aromatic heterocycles. The first-order chi connectivity index (χ1) is 15.0. The normalized spacial score (nSPS) is 25.4. The molecule has 0 aromatic carbocycles. The molecule has 1 N–H and O–H groups in total. The minimum atomic E-state index is -0.622. The molecule has 2 aliphatic rings. The Labute approximate surface area is 182 Å². The van der Waals surface area contributed by atoms with Crippen LogP contribution in [0.3, 0.4) is 0 Å². The van der Waals surface area contributed by atoms with Gasteiger partial charge in [-0.2, -0.15) is 0 Å². The van der Waals surface area contributed by atoms with Gasteiger partial charge in [0, 0.05) is 6.54 Å². The summed E-state index contributed by atoms with van der Waals surface area (Å²) in [7, 11) is 0. The zero-order chi connectivity index (χ0) is 22.4. The molecule has 1 aliphatic heterocycles. The van der Waals surface area contributed by atoms with E-state index in [2.05, 4.69) is 10.3 Å². The van der Waals surface area contributed by atoms with E-state index in [9.17, 15) is 14.4 Å². The molecule has 9 nitrogen and oxygen atoms in total. The van der Waals surface area contributed by atoms with Crippen molar-refractivity contribution in [3.05, 3.63) is 17.7 Å².